The fraction of sp³-hybridized carbons (Fsp3) is 0.471. The molecule has 2 unspecified atom stereocenters. The van der Waals surface area contributed by atoms with Crippen molar-refractivity contribution in [2.45, 2.75) is 43.4 Å². The van der Waals surface area contributed by atoms with E-state index in [4.69, 9.17) is 14.2 Å². The van der Waals surface area contributed by atoms with Crippen molar-refractivity contribution in [3.8, 4) is 29.0 Å². The summed E-state index contributed by atoms with van der Waals surface area (Å²) in [5, 5.41) is 15.5. The first-order valence-corrected chi connectivity index (χ1v) is 16.6. The number of hydrogen-bond donors (Lipinski definition) is 2. The molecular weight excluding hydrogens is 652 g/mol. The van der Waals surface area contributed by atoms with Crippen molar-refractivity contribution in [3.05, 3.63) is 48.2 Å². The standard InChI is InChI=1S/C34H37F2N9O5/c1-48-31-26(44-14-12-43(13-15-44)23-18-49-19-23)4-6-29(41-31)42-33-38-10-8-24(40-33)21-2-5-27(22(16-21)17-37)50-28-9-11-45(20-34(28,35)36)32(47)25-3-7-30(46)39-25/h2,4-6,8,10,16,23,25,28H,3,7,9,11-15,18-20H2,1H3,(H,39,46)(H,38,40,41,42). The Hall–Kier alpha value is -5.14. The normalized spacial score (nSPS) is 22.3. The summed E-state index contributed by atoms with van der Waals surface area (Å²) in [5.74, 6) is -2.93. The molecule has 2 aromatic heterocycles. The van der Waals surface area contributed by atoms with Crippen LogP contribution in [0.2, 0.25) is 0 Å². The first-order valence-electron chi connectivity index (χ1n) is 16.6. The summed E-state index contributed by atoms with van der Waals surface area (Å²) in [6.07, 6.45) is 0.365. The van der Waals surface area contributed by atoms with Crippen LogP contribution in [0.25, 0.3) is 11.3 Å². The van der Waals surface area contributed by atoms with Gasteiger partial charge in [0, 0.05) is 57.3 Å². The molecule has 0 aliphatic carbocycles. The van der Waals surface area contributed by atoms with Crippen LogP contribution in [0.4, 0.5) is 26.2 Å². The van der Waals surface area contributed by atoms with E-state index < -0.39 is 30.5 Å². The first-order chi connectivity index (χ1) is 24.2. The van der Waals surface area contributed by atoms with Crippen LogP contribution in [0.3, 0.4) is 0 Å². The topological polar surface area (TPSA) is 158 Å². The van der Waals surface area contributed by atoms with Crippen LogP contribution in [-0.4, -0.2) is 120 Å². The highest BCUT2D eigenvalue weighted by molar-refractivity contribution is 5.91. The molecule has 0 radical (unpaired) electrons. The monoisotopic (exact) mass is 689 g/mol. The van der Waals surface area contributed by atoms with E-state index in [1.807, 2.05) is 18.2 Å². The average Bonchev–Trinajstić information content (AvgIpc) is 3.54. The van der Waals surface area contributed by atoms with Gasteiger partial charge in [-0.1, -0.05) is 0 Å². The third-order valence-electron chi connectivity index (χ3n) is 9.52. The van der Waals surface area contributed by atoms with Crippen LogP contribution < -0.4 is 25.0 Å². The molecule has 0 spiro atoms. The van der Waals surface area contributed by atoms with Crippen molar-refractivity contribution in [3.63, 3.8) is 0 Å². The maximum Gasteiger partial charge on any atom is 0.301 e. The zero-order chi connectivity index (χ0) is 34.8. The molecule has 2 N–H and O–H groups in total. The molecule has 14 nitrogen and oxygen atoms in total. The zero-order valence-corrected chi connectivity index (χ0v) is 27.5. The summed E-state index contributed by atoms with van der Waals surface area (Å²) >= 11 is 0. The van der Waals surface area contributed by atoms with E-state index in [-0.39, 0.29) is 49.0 Å². The predicted molar refractivity (Wildman–Crippen MR) is 176 cm³/mol. The lowest BCUT2D eigenvalue weighted by atomic mass is 10.0. The van der Waals surface area contributed by atoms with E-state index in [0.717, 1.165) is 50.0 Å². The molecule has 262 valence electrons. The van der Waals surface area contributed by atoms with E-state index in [1.54, 1.807) is 25.4 Å². The molecule has 4 aliphatic heterocycles. The molecule has 2 atom stereocenters. The number of ether oxygens (including phenoxy) is 3. The molecule has 2 amide bonds. The number of amides is 2. The number of carbonyl (C=O) groups excluding carboxylic acids is 2. The number of likely N-dealkylation sites (tertiary alicyclic amines) is 1. The summed E-state index contributed by atoms with van der Waals surface area (Å²) in [5.41, 5.74) is 2.00. The van der Waals surface area contributed by atoms with E-state index in [2.05, 4.69) is 35.4 Å². The number of piperidine rings is 1. The van der Waals surface area contributed by atoms with Crippen LogP contribution in [0.15, 0.2) is 42.6 Å². The van der Waals surface area contributed by atoms with Crippen molar-refractivity contribution in [1.82, 2.24) is 30.1 Å². The summed E-state index contributed by atoms with van der Waals surface area (Å²) in [4.78, 5) is 43.5. The van der Waals surface area contributed by atoms with Crippen LogP contribution in [-0.2, 0) is 14.3 Å². The number of nitrogens with zero attached hydrogens (tertiary/aromatic N) is 7. The Balaban J connectivity index is 0.999. The number of rotatable bonds is 9. The average molecular weight is 690 g/mol. The van der Waals surface area contributed by atoms with Gasteiger partial charge in [0.1, 0.15) is 29.4 Å². The number of piperazine rings is 1. The highest BCUT2D eigenvalue weighted by Gasteiger charge is 2.49. The molecule has 0 bridgehead atoms. The highest BCUT2D eigenvalue weighted by Crippen LogP contribution is 2.35. The van der Waals surface area contributed by atoms with Gasteiger partial charge < -0.3 is 34.6 Å². The van der Waals surface area contributed by atoms with Gasteiger partial charge in [0.15, 0.2) is 6.10 Å². The molecule has 4 fully saturated rings. The summed E-state index contributed by atoms with van der Waals surface area (Å²) < 4.78 is 47.1. The smallest absolute Gasteiger partial charge is 0.301 e. The molecule has 7 rings (SSSR count). The van der Waals surface area contributed by atoms with Gasteiger partial charge in [0.25, 0.3) is 0 Å². The number of nitrogens with one attached hydrogen (secondary N) is 2. The van der Waals surface area contributed by atoms with Crippen LogP contribution in [0.5, 0.6) is 11.6 Å². The van der Waals surface area contributed by atoms with Gasteiger partial charge in [-0.25, -0.2) is 18.7 Å². The Morgan fingerprint density at radius 1 is 1.10 bits per heavy atom. The number of hydrogen-bond acceptors (Lipinski definition) is 12. The molecule has 0 saturated carbocycles. The highest BCUT2D eigenvalue weighted by atomic mass is 19.3. The number of anilines is 3. The minimum absolute atomic E-state index is 0.00557. The van der Waals surface area contributed by atoms with Gasteiger partial charge in [-0.2, -0.15) is 10.2 Å². The van der Waals surface area contributed by atoms with Crippen molar-refractivity contribution in [2.75, 3.05) is 69.8 Å². The Morgan fingerprint density at radius 2 is 1.92 bits per heavy atom. The first kappa shape index (κ1) is 33.4. The van der Waals surface area contributed by atoms with E-state index in [0.29, 0.717) is 29.0 Å². The second kappa shape index (κ2) is 14.0. The molecule has 6 heterocycles. The van der Waals surface area contributed by atoms with Crippen LogP contribution in [0.1, 0.15) is 24.8 Å². The summed E-state index contributed by atoms with van der Waals surface area (Å²) in [7, 11) is 1.58. The molecule has 1 aromatic carbocycles. The number of methoxy groups -OCH3 is 1. The van der Waals surface area contributed by atoms with E-state index in [1.165, 1.54) is 12.1 Å². The van der Waals surface area contributed by atoms with Crippen LogP contribution in [0, 0.1) is 11.3 Å². The van der Waals surface area contributed by atoms with Gasteiger partial charge in [-0.05, 0) is 42.8 Å². The number of alkyl halides is 2. The maximum atomic E-state index is 15.2. The predicted octanol–water partition coefficient (Wildman–Crippen LogP) is 2.58. The van der Waals surface area contributed by atoms with Gasteiger partial charge in [-0.3, -0.25) is 14.5 Å². The minimum Gasteiger partial charge on any atom is -0.483 e. The third kappa shape index (κ3) is 6.96. The Bertz CT molecular complexity index is 1790. The number of pyridine rings is 1. The quantitative estimate of drug-likeness (QED) is 0.339. The lowest BCUT2D eigenvalue weighted by Gasteiger charge is -2.43. The Labute approximate surface area is 287 Å². The molecule has 4 saturated heterocycles. The van der Waals surface area contributed by atoms with Gasteiger partial charge in [0.05, 0.1) is 44.2 Å². The number of benzene rings is 1. The van der Waals surface area contributed by atoms with Crippen molar-refractivity contribution < 1.29 is 32.6 Å². The number of nitriles is 1. The summed E-state index contributed by atoms with van der Waals surface area (Å²) in [6.45, 7) is 4.38. The molecule has 16 heteroatoms. The SMILES string of the molecule is COc1nc(Nc2nccc(-c3ccc(OC4CCN(C(=O)C5CCC(=O)N5)CC4(F)F)c(C#N)c3)n2)ccc1N1CCN(C2COC2)CC1. The van der Waals surface area contributed by atoms with Gasteiger partial charge in [-0.15, -0.1) is 0 Å². The second-order valence-electron chi connectivity index (χ2n) is 12.7. The van der Waals surface area contributed by atoms with Crippen molar-refractivity contribution in [2.24, 2.45) is 0 Å². The Morgan fingerprint density at radius 3 is 2.60 bits per heavy atom. The largest absolute Gasteiger partial charge is 0.483 e. The molecule has 4 aliphatic rings. The lowest BCUT2D eigenvalue weighted by Crippen LogP contribution is -2.58. The molecule has 3 aromatic rings. The summed E-state index contributed by atoms with van der Waals surface area (Å²) in [6, 6.07) is 11.8. The fourth-order valence-electron chi connectivity index (χ4n) is 6.66. The number of halogens is 2. The van der Waals surface area contributed by atoms with Crippen molar-refractivity contribution >= 4 is 29.3 Å². The number of carbonyl (C=O) groups is 2. The lowest BCUT2D eigenvalue weighted by molar-refractivity contribution is -0.161. The molecular formula is C34H37F2N9O5. The zero-order valence-electron chi connectivity index (χ0n) is 27.5. The Kier molecular flexibility index (Phi) is 9.34. The van der Waals surface area contributed by atoms with Crippen molar-refractivity contribution in [1.29, 1.82) is 5.26 Å². The third-order valence-corrected chi connectivity index (χ3v) is 9.52. The minimum atomic E-state index is -3.37. The molecule has 50 heavy (non-hydrogen) atoms. The van der Waals surface area contributed by atoms with E-state index in [9.17, 15) is 14.9 Å². The second-order valence-corrected chi connectivity index (χ2v) is 12.7. The van der Waals surface area contributed by atoms with E-state index >= 15 is 8.78 Å². The fourth-order valence-corrected chi connectivity index (χ4v) is 6.66. The van der Waals surface area contributed by atoms with Gasteiger partial charge >= 0.3 is 5.92 Å². The van der Waals surface area contributed by atoms with Gasteiger partial charge in [0.2, 0.25) is 23.6 Å². The number of aromatic nitrogens is 3. The van der Waals surface area contributed by atoms with Crippen LogP contribution >= 0.6 is 0 Å². The maximum absolute atomic E-state index is 15.2.